The minimum atomic E-state index is -2.51. The third-order valence-electron chi connectivity index (χ3n) is 0.218. The molecule has 0 aliphatic carbocycles. The van der Waals surface area contributed by atoms with Crippen LogP contribution in [0.1, 0.15) is 0 Å². The average molecular weight is 158 g/mol. The van der Waals surface area contributed by atoms with Crippen molar-refractivity contribution < 1.29 is 28.2 Å². The van der Waals surface area contributed by atoms with E-state index < -0.39 is 7.32 Å². The Balaban J connectivity index is 0. The molecule has 0 spiro atoms. The van der Waals surface area contributed by atoms with E-state index in [4.69, 9.17) is 0 Å². The third kappa shape index (κ3) is 5.14. The first kappa shape index (κ1) is 11.8. The van der Waals surface area contributed by atoms with Crippen LogP contribution >= 0.6 is 0 Å². The molecule has 0 N–H and O–H groups in total. The van der Waals surface area contributed by atoms with E-state index >= 15 is 0 Å². The molecular formula is H2BCaF3O3. The summed E-state index contributed by atoms with van der Waals surface area (Å²) >= 11 is 0. The molecule has 0 aliphatic rings. The Morgan fingerprint density at radius 1 is 0.875 bits per heavy atom. The molecule has 0 fully saturated rings. The van der Waals surface area contributed by atoms with Crippen LogP contribution in [-0.2, 0) is 14.6 Å². The maximum atomic E-state index is 10.4. The van der Waals surface area contributed by atoms with Crippen molar-refractivity contribution in [1.29, 1.82) is 0 Å². The van der Waals surface area contributed by atoms with Gasteiger partial charge in [-0.2, -0.15) is 14.6 Å². The topological polar surface area (TPSA) is 27.7 Å². The zero-order chi connectivity index (χ0) is 5.70. The van der Waals surface area contributed by atoms with Crippen LogP contribution in [0.15, 0.2) is 0 Å². The van der Waals surface area contributed by atoms with Gasteiger partial charge in [0.2, 0.25) is 0 Å². The molecule has 0 heterocycles. The second-order valence-electron chi connectivity index (χ2n) is 0.556. The molecule has 0 atom stereocenters. The van der Waals surface area contributed by atoms with Crippen molar-refractivity contribution in [3.05, 3.63) is 0 Å². The van der Waals surface area contributed by atoms with Gasteiger partial charge in [-0.25, -0.2) is 0 Å². The standard InChI is InChI=1S/BF3O3.Ca.2H/c2-5-1(6-3)7-4;;;. The summed E-state index contributed by atoms with van der Waals surface area (Å²) in [4.78, 5) is 7.06. The molecule has 8 heteroatoms. The van der Waals surface area contributed by atoms with Gasteiger partial charge in [-0.3, -0.25) is 0 Å². The average Bonchev–Trinajstić information content (AvgIpc) is 1.72. The summed E-state index contributed by atoms with van der Waals surface area (Å²) < 4.78 is 31.3. The van der Waals surface area contributed by atoms with Gasteiger partial charge in [0, 0.05) is 0 Å². The Morgan fingerprint density at radius 2 is 1.12 bits per heavy atom. The Morgan fingerprint density at radius 3 is 1.12 bits per heavy atom. The van der Waals surface area contributed by atoms with Crippen LogP contribution in [0.25, 0.3) is 0 Å². The van der Waals surface area contributed by atoms with Crippen molar-refractivity contribution >= 4 is 45.1 Å². The minimum absolute atomic E-state index is 0. The molecular weight excluding hydrogens is 156 g/mol. The van der Waals surface area contributed by atoms with E-state index in [-0.39, 0.29) is 37.7 Å². The van der Waals surface area contributed by atoms with Crippen molar-refractivity contribution in [2.75, 3.05) is 0 Å². The summed E-state index contributed by atoms with van der Waals surface area (Å²) in [6.07, 6.45) is 0. The van der Waals surface area contributed by atoms with Crippen LogP contribution in [0.5, 0.6) is 0 Å². The van der Waals surface area contributed by atoms with E-state index in [0.29, 0.717) is 0 Å². The van der Waals surface area contributed by atoms with Gasteiger partial charge in [-0.05, 0) is 0 Å². The van der Waals surface area contributed by atoms with Crippen molar-refractivity contribution in [1.82, 2.24) is 0 Å². The van der Waals surface area contributed by atoms with Crippen molar-refractivity contribution in [3.8, 4) is 0 Å². The summed E-state index contributed by atoms with van der Waals surface area (Å²) in [6.45, 7) is 0. The van der Waals surface area contributed by atoms with E-state index in [0.717, 1.165) is 0 Å². The Hall–Kier alpha value is 0.995. The van der Waals surface area contributed by atoms with E-state index in [9.17, 15) is 13.6 Å². The van der Waals surface area contributed by atoms with Gasteiger partial charge in [-0.1, -0.05) is 13.6 Å². The number of hydrogen-bond donors (Lipinski definition) is 0. The number of hydrogen-bond acceptors (Lipinski definition) is 3. The third-order valence-corrected chi connectivity index (χ3v) is 0.218. The molecule has 0 amide bonds. The molecule has 0 aromatic heterocycles. The molecule has 0 bridgehead atoms. The van der Waals surface area contributed by atoms with Crippen LogP contribution in [0.4, 0.5) is 13.6 Å². The van der Waals surface area contributed by atoms with Crippen LogP contribution in [-0.4, -0.2) is 45.1 Å². The molecule has 3 nitrogen and oxygen atoms in total. The molecule has 0 saturated heterocycles. The Kier molecular flexibility index (Phi) is 11.7. The summed E-state index contributed by atoms with van der Waals surface area (Å²) in [6, 6.07) is 0. The summed E-state index contributed by atoms with van der Waals surface area (Å²) in [5.74, 6) is 0. The Bertz CT molecular complexity index is 36.0. The van der Waals surface area contributed by atoms with Crippen LogP contribution in [0.2, 0.25) is 0 Å². The number of halogens is 3. The van der Waals surface area contributed by atoms with Crippen molar-refractivity contribution in [3.63, 3.8) is 0 Å². The van der Waals surface area contributed by atoms with Crippen molar-refractivity contribution in [2.24, 2.45) is 0 Å². The zero-order valence-corrected chi connectivity index (χ0v) is 2.94. The normalized spacial score (nSPS) is 7.88. The summed E-state index contributed by atoms with van der Waals surface area (Å²) in [5, 5.41) is 0. The molecule has 0 rings (SSSR count). The number of rotatable bonds is 3. The molecule has 8 heavy (non-hydrogen) atoms. The molecule has 0 unspecified atom stereocenters. The first-order valence-corrected chi connectivity index (χ1v) is 1.17. The van der Waals surface area contributed by atoms with Crippen LogP contribution in [0, 0.1) is 0 Å². The van der Waals surface area contributed by atoms with Gasteiger partial charge in [0.15, 0.2) is 0 Å². The second-order valence-corrected chi connectivity index (χ2v) is 0.556. The first-order valence-electron chi connectivity index (χ1n) is 1.17. The zero-order valence-electron chi connectivity index (χ0n) is 2.94. The van der Waals surface area contributed by atoms with E-state index in [1.54, 1.807) is 0 Å². The SMILES string of the molecule is FOB(OF)OF.[CaH2]. The van der Waals surface area contributed by atoms with Gasteiger partial charge in [0.1, 0.15) is 0 Å². The van der Waals surface area contributed by atoms with E-state index in [2.05, 4.69) is 14.6 Å². The van der Waals surface area contributed by atoms with Gasteiger partial charge in [-0.15, -0.1) is 0 Å². The molecule has 0 aliphatic heterocycles. The predicted octanol–water partition coefficient (Wildman–Crippen LogP) is -0.242. The Labute approximate surface area is 73.0 Å². The molecule has 0 aromatic rings. The molecule has 0 saturated carbocycles. The van der Waals surface area contributed by atoms with Crippen LogP contribution < -0.4 is 0 Å². The molecule has 0 radical (unpaired) electrons. The van der Waals surface area contributed by atoms with Gasteiger partial charge >= 0.3 is 45.1 Å². The second kappa shape index (κ2) is 7.99. The molecule has 46 valence electrons. The van der Waals surface area contributed by atoms with Gasteiger partial charge in [0.25, 0.3) is 0 Å². The van der Waals surface area contributed by atoms with Crippen molar-refractivity contribution in [2.45, 2.75) is 0 Å². The summed E-state index contributed by atoms with van der Waals surface area (Å²) in [7, 11) is -2.51. The fourth-order valence-corrected chi connectivity index (χ4v) is 0.0412. The monoisotopic (exact) mass is 158 g/mol. The van der Waals surface area contributed by atoms with Crippen LogP contribution in [0.3, 0.4) is 0 Å². The first-order chi connectivity index (χ1) is 3.35. The predicted molar refractivity (Wildman–Crippen MR) is 20.9 cm³/mol. The van der Waals surface area contributed by atoms with E-state index in [1.165, 1.54) is 0 Å². The fraction of sp³-hybridized carbons (Fsp3) is 0. The van der Waals surface area contributed by atoms with Gasteiger partial charge < -0.3 is 0 Å². The summed E-state index contributed by atoms with van der Waals surface area (Å²) in [5.41, 5.74) is 0. The quantitative estimate of drug-likeness (QED) is 0.530. The van der Waals surface area contributed by atoms with Gasteiger partial charge in [0.05, 0.1) is 0 Å². The maximum absolute atomic E-state index is 10.4. The fourth-order valence-electron chi connectivity index (χ4n) is 0.0412. The van der Waals surface area contributed by atoms with E-state index in [1.807, 2.05) is 0 Å². The molecule has 0 aromatic carbocycles.